The second kappa shape index (κ2) is 23.6. The molecule has 0 aliphatic rings. The van der Waals surface area contributed by atoms with Crippen molar-refractivity contribution in [3.05, 3.63) is 0 Å². The monoisotopic (exact) mass is 388 g/mol. The van der Waals surface area contributed by atoms with E-state index in [1.165, 1.54) is 83.5 Å². The van der Waals surface area contributed by atoms with Crippen LogP contribution in [0.15, 0.2) is 0 Å². The Morgan fingerprint density at radius 3 is 1.32 bits per heavy atom. The zero-order valence-corrected chi connectivity index (χ0v) is 18.5. The van der Waals surface area contributed by atoms with Gasteiger partial charge in [-0.1, -0.05) is 109 Å². The number of hydrogen-bond acceptors (Lipinski definition) is 1. The summed E-state index contributed by atoms with van der Waals surface area (Å²) in [5.74, 6) is 11.6. The van der Waals surface area contributed by atoms with E-state index in [0.717, 1.165) is 38.5 Å². The van der Waals surface area contributed by atoms with Crippen molar-refractivity contribution in [1.82, 2.24) is 0 Å². The first-order valence-corrected chi connectivity index (χ1v) is 11.9. The summed E-state index contributed by atoms with van der Waals surface area (Å²) in [6, 6.07) is 0. The lowest BCUT2D eigenvalue weighted by molar-refractivity contribution is -0.137. The largest absolute Gasteiger partial charge is 0.481 e. The van der Waals surface area contributed by atoms with Gasteiger partial charge in [0.1, 0.15) is 0 Å². The van der Waals surface area contributed by atoms with Gasteiger partial charge in [-0.25, -0.2) is 0 Å². The Morgan fingerprint density at radius 1 is 0.571 bits per heavy atom. The van der Waals surface area contributed by atoms with Gasteiger partial charge in [-0.3, -0.25) is 4.79 Å². The molecule has 0 bridgehead atoms. The maximum Gasteiger partial charge on any atom is 0.303 e. The SMILES string of the molecule is CCCCCCCCCCCCC#CC#CCCCCCCCCCC(=O)O. The molecule has 0 heterocycles. The first kappa shape index (κ1) is 26.6. The number of hydrogen-bond donors (Lipinski definition) is 1. The normalized spacial score (nSPS) is 10.0. The van der Waals surface area contributed by atoms with Crippen molar-refractivity contribution in [3.63, 3.8) is 0 Å². The van der Waals surface area contributed by atoms with Crippen molar-refractivity contribution in [3.8, 4) is 23.7 Å². The molecule has 28 heavy (non-hydrogen) atoms. The number of carboxylic acids is 1. The zero-order valence-electron chi connectivity index (χ0n) is 18.5. The molecule has 1 N–H and O–H groups in total. The highest BCUT2D eigenvalue weighted by Crippen LogP contribution is 2.11. The molecule has 0 spiro atoms. The standard InChI is InChI=1S/C26H44O2/c1-2-3-4-5-6-7-8-9-10-11-12-13-14-15-16-17-18-19-20-21-22-23-24-25-26(27)28/h2-12,17-25H2,1H3,(H,27,28). The Hall–Kier alpha value is -1.41. The molecule has 0 rings (SSSR count). The van der Waals surface area contributed by atoms with Crippen LogP contribution in [0.3, 0.4) is 0 Å². The van der Waals surface area contributed by atoms with Gasteiger partial charge in [-0.15, -0.1) is 0 Å². The highest BCUT2D eigenvalue weighted by atomic mass is 16.4. The molecule has 0 fully saturated rings. The minimum atomic E-state index is -0.676. The van der Waals surface area contributed by atoms with Gasteiger partial charge in [0.05, 0.1) is 0 Å². The molecular weight excluding hydrogens is 344 g/mol. The summed E-state index contributed by atoms with van der Waals surface area (Å²) in [5, 5.41) is 8.56. The Kier molecular flexibility index (Phi) is 22.4. The van der Waals surface area contributed by atoms with Crippen molar-refractivity contribution in [2.45, 2.75) is 135 Å². The van der Waals surface area contributed by atoms with Crippen molar-refractivity contribution in [1.29, 1.82) is 0 Å². The minimum Gasteiger partial charge on any atom is -0.481 e. The third kappa shape index (κ3) is 24.6. The van der Waals surface area contributed by atoms with Gasteiger partial charge in [-0.05, 0) is 31.1 Å². The van der Waals surface area contributed by atoms with E-state index in [1.807, 2.05) is 0 Å². The van der Waals surface area contributed by atoms with Crippen LogP contribution in [0.1, 0.15) is 135 Å². The average Bonchev–Trinajstić information content (AvgIpc) is 2.68. The van der Waals surface area contributed by atoms with Crippen LogP contribution < -0.4 is 0 Å². The molecule has 0 saturated heterocycles. The van der Waals surface area contributed by atoms with Crippen LogP contribution in [0.25, 0.3) is 0 Å². The summed E-state index contributed by atoms with van der Waals surface area (Å²) >= 11 is 0. The van der Waals surface area contributed by atoms with E-state index in [1.54, 1.807) is 0 Å². The summed E-state index contributed by atoms with van der Waals surface area (Å²) in [6.07, 6.45) is 23.8. The van der Waals surface area contributed by atoms with Crippen molar-refractivity contribution >= 4 is 5.97 Å². The molecule has 0 atom stereocenters. The third-order valence-electron chi connectivity index (χ3n) is 5.09. The molecule has 0 aromatic heterocycles. The fourth-order valence-corrected chi connectivity index (χ4v) is 3.29. The topological polar surface area (TPSA) is 37.3 Å². The van der Waals surface area contributed by atoms with Crippen LogP contribution in [0, 0.1) is 23.7 Å². The Labute approximate surface area is 175 Å². The van der Waals surface area contributed by atoms with Crippen LogP contribution in [-0.4, -0.2) is 11.1 Å². The molecule has 2 heteroatoms. The summed E-state index contributed by atoms with van der Waals surface area (Å²) < 4.78 is 0. The molecular formula is C26H44O2. The molecule has 0 amide bonds. The highest BCUT2D eigenvalue weighted by Gasteiger charge is 1.96. The van der Waals surface area contributed by atoms with E-state index >= 15 is 0 Å². The van der Waals surface area contributed by atoms with Crippen LogP contribution in [0.5, 0.6) is 0 Å². The quantitative estimate of drug-likeness (QED) is 0.180. The molecule has 160 valence electrons. The van der Waals surface area contributed by atoms with Gasteiger partial charge < -0.3 is 5.11 Å². The van der Waals surface area contributed by atoms with Gasteiger partial charge in [-0.2, -0.15) is 0 Å². The molecule has 0 unspecified atom stereocenters. The summed E-state index contributed by atoms with van der Waals surface area (Å²) in [7, 11) is 0. The molecule has 0 aliphatic carbocycles. The second-order valence-corrected chi connectivity index (χ2v) is 7.90. The lowest BCUT2D eigenvalue weighted by Gasteiger charge is -2.00. The van der Waals surface area contributed by atoms with Crippen LogP contribution in [-0.2, 0) is 4.79 Å². The van der Waals surface area contributed by atoms with E-state index in [2.05, 4.69) is 30.6 Å². The lowest BCUT2D eigenvalue weighted by atomic mass is 10.1. The summed E-state index contributed by atoms with van der Waals surface area (Å²) in [5.41, 5.74) is 0. The summed E-state index contributed by atoms with van der Waals surface area (Å²) in [6.45, 7) is 2.27. The van der Waals surface area contributed by atoms with Gasteiger partial charge >= 0.3 is 5.97 Å². The van der Waals surface area contributed by atoms with E-state index in [-0.39, 0.29) is 0 Å². The fraction of sp³-hybridized carbons (Fsp3) is 0.808. The first-order valence-electron chi connectivity index (χ1n) is 11.9. The van der Waals surface area contributed by atoms with Crippen LogP contribution in [0.4, 0.5) is 0 Å². The molecule has 0 aromatic carbocycles. The van der Waals surface area contributed by atoms with Crippen molar-refractivity contribution in [2.24, 2.45) is 0 Å². The molecule has 0 saturated carbocycles. The molecule has 2 nitrogen and oxygen atoms in total. The van der Waals surface area contributed by atoms with Crippen molar-refractivity contribution in [2.75, 3.05) is 0 Å². The number of rotatable bonds is 19. The summed E-state index contributed by atoms with van der Waals surface area (Å²) in [4.78, 5) is 10.4. The Morgan fingerprint density at radius 2 is 0.929 bits per heavy atom. The molecule has 0 aliphatic heterocycles. The second-order valence-electron chi connectivity index (χ2n) is 7.90. The molecule has 0 aromatic rings. The number of aliphatic carboxylic acids is 1. The van der Waals surface area contributed by atoms with Gasteiger partial charge in [0.2, 0.25) is 0 Å². The van der Waals surface area contributed by atoms with E-state index < -0.39 is 5.97 Å². The number of unbranched alkanes of at least 4 members (excludes halogenated alkanes) is 17. The first-order chi connectivity index (χ1) is 13.8. The highest BCUT2D eigenvalue weighted by molar-refractivity contribution is 5.66. The average molecular weight is 389 g/mol. The lowest BCUT2D eigenvalue weighted by Crippen LogP contribution is -1.93. The molecule has 0 radical (unpaired) electrons. The number of carboxylic acid groups (broad SMARTS) is 1. The van der Waals surface area contributed by atoms with E-state index in [0.29, 0.717) is 6.42 Å². The Balaban J connectivity index is 3.24. The van der Waals surface area contributed by atoms with E-state index in [9.17, 15) is 4.79 Å². The van der Waals surface area contributed by atoms with Crippen molar-refractivity contribution < 1.29 is 9.90 Å². The number of carbonyl (C=O) groups is 1. The van der Waals surface area contributed by atoms with Gasteiger partial charge in [0.25, 0.3) is 0 Å². The van der Waals surface area contributed by atoms with Gasteiger partial charge in [0.15, 0.2) is 0 Å². The fourth-order valence-electron chi connectivity index (χ4n) is 3.29. The van der Waals surface area contributed by atoms with Gasteiger partial charge in [0, 0.05) is 19.3 Å². The smallest absolute Gasteiger partial charge is 0.303 e. The van der Waals surface area contributed by atoms with Crippen LogP contribution in [0.2, 0.25) is 0 Å². The maximum atomic E-state index is 10.4. The third-order valence-corrected chi connectivity index (χ3v) is 5.09. The zero-order chi connectivity index (χ0) is 20.5. The van der Waals surface area contributed by atoms with E-state index in [4.69, 9.17) is 5.11 Å². The minimum absolute atomic E-state index is 0.315. The maximum absolute atomic E-state index is 10.4. The van der Waals surface area contributed by atoms with Crippen LogP contribution >= 0.6 is 0 Å². The predicted molar refractivity (Wildman–Crippen MR) is 121 cm³/mol. The Bertz CT molecular complexity index is 458. The predicted octanol–water partition coefficient (Wildman–Crippen LogP) is 7.90.